The van der Waals surface area contributed by atoms with Crippen molar-refractivity contribution in [3.05, 3.63) is 35.4 Å². The Balaban J connectivity index is 1.44. The Morgan fingerprint density at radius 2 is 1.61 bits per heavy atom. The number of unbranched alkanes of at least 4 members (excludes halogenated alkanes) is 2. The quantitative estimate of drug-likeness (QED) is 0.394. The first-order valence-electron chi connectivity index (χ1n) is 11.5. The largest absolute Gasteiger partial charge is 0.506 e. The molecule has 0 radical (unpaired) electrons. The van der Waals surface area contributed by atoms with Gasteiger partial charge in [-0.25, -0.2) is 4.79 Å². The molecule has 1 N–H and O–H groups in total. The first kappa shape index (κ1) is 21.2. The smallest absolute Gasteiger partial charge is 0.450 e. The number of ether oxygens (including phenoxy) is 1. The number of carboxylic acid groups (broad SMARTS) is 1. The van der Waals surface area contributed by atoms with E-state index < -0.39 is 11.8 Å². The van der Waals surface area contributed by atoms with Gasteiger partial charge in [0.05, 0.1) is 0 Å². The van der Waals surface area contributed by atoms with E-state index in [4.69, 9.17) is 9.84 Å². The minimum atomic E-state index is -1.13. The van der Waals surface area contributed by atoms with Crippen LogP contribution in [-0.2, 0) is 11.2 Å². The Labute approximate surface area is 170 Å². The molecule has 1 aromatic rings. The van der Waals surface area contributed by atoms with Gasteiger partial charge in [0.2, 0.25) is 0 Å². The van der Waals surface area contributed by atoms with Crippen LogP contribution in [0.4, 0.5) is 4.79 Å². The van der Waals surface area contributed by atoms with Gasteiger partial charge in [0.1, 0.15) is 5.60 Å². The van der Waals surface area contributed by atoms with E-state index in [0.29, 0.717) is 0 Å². The minimum Gasteiger partial charge on any atom is -0.450 e. The molecular weight excluding hydrogens is 348 g/mol. The van der Waals surface area contributed by atoms with Crippen LogP contribution < -0.4 is 0 Å². The van der Waals surface area contributed by atoms with Crippen LogP contribution >= 0.6 is 0 Å². The number of carbonyl (C=O) groups is 1. The van der Waals surface area contributed by atoms with E-state index in [1.165, 1.54) is 62.5 Å². The van der Waals surface area contributed by atoms with Crippen molar-refractivity contribution in [1.82, 2.24) is 0 Å². The molecule has 0 aromatic heterocycles. The van der Waals surface area contributed by atoms with E-state index in [1.807, 2.05) is 6.92 Å². The summed E-state index contributed by atoms with van der Waals surface area (Å²) in [6.45, 7) is 4.22. The molecular formula is C25H38O3. The molecule has 2 aliphatic rings. The SMILES string of the molecule is CCCCCc1ccc(C2CCC(C3CCC(C)(OC(=O)O)CC3)CC2)cc1. The molecule has 3 heteroatoms. The van der Waals surface area contributed by atoms with Gasteiger partial charge in [-0.2, -0.15) is 0 Å². The third-order valence-electron chi connectivity index (χ3n) is 7.38. The third-order valence-corrected chi connectivity index (χ3v) is 7.38. The lowest BCUT2D eigenvalue weighted by molar-refractivity contribution is -0.0438. The Bertz CT molecular complexity index is 605. The topological polar surface area (TPSA) is 46.5 Å². The summed E-state index contributed by atoms with van der Waals surface area (Å²) in [5, 5.41) is 8.93. The maximum Gasteiger partial charge on any atom is 0.506 e. The summed E-state index contributed by atoms with van der Waals surface area (Å²) in [6.07, 6.45) is 13.3. The highest BCUT2D eigenvalue weighted by Crippen LogP contribution is 2.45. The van der Waals surface area contributed by atoms with Gasteiger partial charge in [-0.3, -0.25) is 0 Å². The molecule has 0 spiro atoms. The maximum atomic E-state index is 10.9. The van der Waals surface area contributed by atoms with Gasteiger partial charge >= 0.3 is 6.16 Å². The molecule has 3 rings (SSSR count). The highest BCUT2D eigenvalue weighted by molar-refractivity contribution is 5.57. The molecule has 3 nitrogen and oxygen atoms in total. The molecule has 156 valence electrons. The fourth-order valence-corrected chi connectivity index (χ4v) is 5.49. The predicted molar refractivity (Wildman–Crippen MR) is 114 cm³/mol. The van der Waals surface area contributed by atoms with Gasteiger partial charge in [0, 0.05) is 0 Å². The highest BCUT2D eigenvalue weighted by atomic mass is 16.7. The van der Waals surface area contributed by atoms with Crippen LogP contribution in [0, 0.1) is 11.8 Å². The fourth-order valence-electron chi connectivity index (χ4n) is 5.49. The zero-order chi connectivity index (χ0) is 20.0. The van der Waals surface area contributed by atoms with Gasteiger partial charge in [-0.1, -0.05) is 44.0 Å². The maximum absolute atomic E-state index is 10.9. The highest BCUT2D eigenvalue weighted by Gasteiger charge is 2.38. The molecule has 0 heterocycles. The van der Waals surface area contributed by atoms with Crippen LogP contribution in [-0.4, -0.2) is 16.9 Å². The number of aryl methyl sites for hydroxylation is 1. The molecule has 1 aromatic carbocycles. The summed E-state index contributed by atoms with van der Waals surface area (Å²) in [6, 6.07) is 9.45. The predicted octanol–water partition coefficient (Wildman–Crippen LogP) is 7.34. The van der Waals surface area contributed by atoms with Crippen molar-refractivity contribution in [3.63, 3.8) is 0 Å². The van der Waals surface area contributed by atoms with E-state index in [9.17, 15) is 4.79 Å². The van der Waals surface area contributed by atoms with Gasteiger partial charge in [-0.05, 0) is 100 Å². The van der Waals surface area contributed by atoms with E-state index >= 15 is 0 Å². The average Bonchev–Trinajstić information content (AvgIpc) is 2.69. The first-order valence-corrected chi connectivity index (χ1v) is 11.5. The molecule has 28 heavy (non-hydrogen) atoms. The van der Waals surface area contributed by atoms with Crippen molar-refractivity contribution in [2.45, 2.75) is 102 Å². The first-order chi connectivity index (χ1) is 13.5. The molecule has 2 aliphatic carbocycles. The minimum absolute atomic E-state index is 0.460. The summed E-state index contributed by atoms with van der Waals surface area (Å²) in [5.74, 6) is 2.30. The fraction of sp³-hybridized carbons (Fsp3) is 0.720. The van der Waals surface area contributed by atoms with Crippen LogP contribution in [0.15, 0.2) is 24.3 Å². The van der Waals surface area contributed by atoms with Crippen LogP contribution in [0.1, 0.15) is 102 Å². The average molecular weight is 387 g/mol. The summed E-state index contributed by atoms with van der Waals surface area (Å²) >= 11 is 0. The van der Waals surface area contributed by atoms with Crippen LogP contribution in [0.25, 0.3) is 0 Å². The van der Waals surface area contributed by atoms with Gasteiger partial charge in [0.15, 0.2) is 0 Å². The zero-order valence-electron chi connectivity index (χ0n) is 17.8. The molecule has 0 unspecified atom stereocenters. The summed E-state index contributed by atoms with van der Waals surface area (Å²) in [7, 11) is 0. The molecule has 0 saturated heterocycles. The molecule has 0 bridgehead atoms. The molecule has 0 atom stereocenters. The summed E-state index contributed by atoms with van der Waals surface area (Å²) in [5.41, 5.74) is 2.56. The van der Waals surface area contributed by atoms with Crippen molar-refractivity contribution in [2.24, 2.45) is 11.8 Å². The number of rotatable bonds is 7. The Morgan fingerprint density at radius 1 is 1.00 bits per heavy atom. The van der Waals surface area contributed by atoms with Crippen LogP contribution in [0.5, 0.6) is 0 Å². The third kappa shape index (κ3) is 5.75. The summed E-state index contributed by atoms with van der Waals surface area (Å²) < 4.78 is 5.15. The second-order valence-electron chi connectivity index (χ2n) is 9.47. The van der Waals surface area contributed by atoms with E-state index in [2.05, 4.69) is 31.2 Å². The Kier molecular flexibility index (Phi) is 7.42. The molecule has 0 aliphatic heterocycles. The van der Waals surface area contributed by atoms with Crippen molar-refractivity contribution in [3.8, 4) is 0 Å². The molecule has 0 amide bonds. The zero-order valence-corrected chi connectivity index (χ0v) is 17.8. The van der Waals surface area contributed by atoms with Gasteiger partial charge in [0.25, 0.3) is 0 Å². The number of hydrogen-bond acceptors (Lipinski definition) is 2. The second-order valence-corrected chi connectivity index (χ2v) is 9.47. The Hall–Kier alpha value is -1.51. The molecule has 2 saturated carbocycles. The van der Waals surface area contributed by atoms with Crippen molar-refractivity contribution in [1.29, 1.82) is 0 Å². The Morgan fingerprint density at radius 3 is 2.18 bits per heavy atom. The number of benzene rings is 1. The second kappa shape index (κ2) is 9.80. The van der Waals surface area contributed by atoms with Gasteiger partial charge in [-0.15, -0.1) is 0 Å². The lowest BCUT2D eigenvalue weighted by Crippen LogP contribution is -2.37. The van der Waals surface area contributed by atoms with E-state index in [1.54, 1.807) is 0 Å². The van der Waals surface area contributed by atoms with Crippen molar-refractivity contribution >= 4 is 6.16 Å². The lowest BCUT2D eigenvalue weighted by Gasteiger charge is -2.41. The van der Waals surface area contributed by atoms with Crippen LogP contribution in [0.3, 0.4) is 0 Å². The molecule has 2 fully saturated rings. The standard InChI is InChI=1S/C25H38O3/c1-3-4-5-6-19-7-9-20(10-8-19)21-11-13-22(14-12-21)23-15-17-25(2,18-16-23)28-24(26)27/h7-10,21-23H,3-6,11-18H2,1-2H3,(H,26,27). The monoisotopic (exact) mass is 386 g/mol. The van der Waals surface area contributed by atoms with Crippen molar-refractivity contribution in [2.75, 3.05) is 0 Å². The van der Waals surface area contributed by atoms with Crippen molar-refractivity contribution < 1.29 is 14.6 Å². The normalized spacial score (nSPS) is 30.7. The number of hydrogen-bond donors (Lipinski definition) is 1. The van der Waals surface area contributed by atoms with Gasteiger partial charge < -0.3 is 9.84 Å². The summed E-state index contributed by atoms with van der Waals surface area (Å²) in [4.78, 5) is 10.9. The van der Waals surface area contributed by atoms with E-state index in [0.717, 1.165) is 43.4 Å². The van der Waals surface area contributed by atoms with Crippen LogP contribution in [0.2, 0.25) is 0 Å². The van der Waals surface area contributed by atoms with E-state index in [-0.39, 0.29) is 0 Å². The lowest BCUT2D eigenvalue weighted by atomic mass is 9.67.